The molecule has 0 atom stereocenters. The largest absolute Gasteiger partial charge is 0.504 e. The Morgan fingerprint density at radius 1 is 1.18 bits per heavy atom. The lowest BCUT2D eigenvalue weighted by atomic mass is 10.0. The minimum absolute atomic E-state index is 0.0576. The van der Waals surface area contributed by atoms with Crippen molar-refractivity contribution in [1.29, 1.82) is 0 Å². The molecule has 0 aromatic heterocycles. The molecular formula is C28H37N3O7Si. The van der Waals surface area contributed by atoms with E-state index < -0.39 is 20.1 Å². The molecule has 3 rings (SSSR count). The summed E-state index contributed by atoms with van der Waals surface area (Å²) >= 11 is 0. The van der Waals surface area contributed by atoms with Crippen molar-refractivity contribution in [2.75, 3.05) is 37.3 Å². The van der Waals surface area contributed by atoms with Gasteiger partial charge in [-0.05, 0) is 41.8 Å². The van der Waals surface area contributed by atoms with Gasteiger partial charge < -0.3 is 24.6 Å². The summed E-state index contributed by atoms with van der Waals surface area (Å²) in [6.07, 6.45) is 1.37. The Balaban J connectivity index is 1.94. The number of nitrogens with zero attached hydrogens (tertiary/aromatic N) is 1. The maximum atomic E-state index is 13.5. The topological polar surface area (TPSA) is 126 Å². The van der Waals surface area contributed by atoms with E-state index in [4.69, 9.17) is 14.2 Å². The number of aryl methyl sites for hydroxylation is 1. The highest BCUT2D eigenvalue weighted by Crippen LogP contribution is 2.35. The van der Waals surface area contributed by atoms with Crippen molar-refractivity contribution in [2.24, 2.45) is 0 Å². The Hall–Kier alpha value is -3.83. The molecule has 0 unspecified atom stereocenters. The second kappa shape index (κ2) is 13.3. The molecule has 10 nitrogen and oxygen atoms in total. The first kappa shape index (κ1) is 29.7. The van der Waals surface area contributed by atoms with Crippen molar-refractivity contribution in [1.82, 2.24) is 5.32 Å². The zero-order valence-corrected chi connectivity index (χ0v) is 24.0. The van der Waals surface area contributed by atoms with Crippen LogP contribution in [0.25, 0.3) is 0 Å². The highest BCUT2D eigenvalue weighted by molar-refractivity contribution is 6.76. The van der Waals surface area contributed by atoms with Crippen LogP contribution in [0, 0.1) is 0 Å². The molecule has 0 fully saturated rings. The summed E-state index contributed by atoms with van der Waals surface area (Å²) in [4.78, 5) is 40.3. The molecular weight excluding hydrogens is 518 g/mol. The summed E-state index contributed by atoms with van der Waals surface area (Å²) in [6, 6.07) is 8.95. The van der Waals surface area contributed by atoms with Crippen LogP contribution in [-0.4, -0.2) is 58.1 Å². The minimum Gasteiger partial charge on any atom is -0.504 e. The van der Waals surface area contributed by atoms with Crippen LogP contribution in [0.15, 0.2) is 43.0 Å². The molecule has 1 aliphatic heterocycles. The maximum Gasteiger partial charge on any atom is 0.411 e. The summed E-state index contributed by atoms with van der Waals surface area (Å²) in [5.74, 6) is -0.804. The third-order valence-corrected chi connectivity index (χ3v) is 7.89. The number of phenolic OH excluding ortho intramolecular Hbond substituents is 1. The van der Waals surface area contributed by atoms with Crippen LogP contribution in [0.5, 0.6) is 11.5 Å². The summed E-state index contributed by atoms with van der Waals surface area (Å²) in [6.45, 7) is 10.9. The number of ether oxygens (including phenoxy) is 3. The number of rotatable bonds is 9. The molecule has 2 aromatic carbocycles. The number of anilines is 2. The van der Waals surface area contributed by atoms with E-state index in [9.17, 15) is 19.5 Å². The lowest BCUT2D eigenvalue weighted by Crippen LogP contribution is -2.36. The molecule has 1 aliphatic rings. The fourth-order valence-corrected chi connectivity index (χ4v) is 4.74. The van der Waals surface area contributed by atoms with Crippen molar-refractivity contribution < 1.29 is 33.7 Å². The molecule has 2 aromatic rings. The van der Waals surface area contributed by atoms with E-state index in [1.165, 1.54) is 30.2 Å². The van der Waals surface area contributed by atoms with Crippen molar-refractivity contribution in [3.63, 3.8) is 0 Å². The van der Waals surface area contributed by atoms with Gasteiger partial charge in [0.05, 0.1) is 18.4 Å². The Kier molecular flexibility index (Phi) is 10.1. The van der Waals surface area contributed by atoms with Crippen LogP contribution in [0.3, 0.4) is 0 Å². The molecule has 0 saturated carbocycles. The van der Waals surface area contributed by atoms with E-state index in [2.05, 4.69) is 36.9 Å². The Morgan fingerprint density at radius 3 is 2.64 bits per heavy atom. The monoisotopic (exact) mass is 555 g/mol. The van der Waals surface area contributed by atoms with Crippen molar-refractivity contribution in [2.45, 2.75) is 45.1 Å². The van der Waals surface area contributed by atoms with Gasteiger partial charge in [0.2, 0.25) is 5.91 Å². The predicted octanol–water partition coefficient (Wildman–Crippen LogP) is 4.66. The van der Waals surface area contributed by atoms with Gasteiger partial charge >= 0.3 is 6.09 Å². The van der Waals surface area contributed by atoms with Gasteiger partial charge in [-0.1, -0.05) is 38.4 Å². The summed E-state index contributed by atoms with van der Waals surface area (Å²) < 4.78 is 16.1. The standard InChI is InChI=1S/C28H37N3O7Si/c1-6-11-38-28(35)30-21-9-7-19-8-10-26(33)31(18-37-12-13-39(3,4)5)23-16-24(32)25(36-2)15-22(23)27(34)29-17-20(19)14-21/h6-7,9,14-16,32H,1,8,10-13,17-18H2,2-5H3,(H,29,34)(H,30,35). The third kappa shape index (κ3) is 8.32. The van der Waals surface area contributed by atoms with Crippen LogP contribution >= 0.6 is 0 Å². The van der Waals surface area contributed by atoms with Gasteiger partial charge in [0.25, 0.3) is 5.91 Å². The van der Waals surface area contributed by atoms with E-state index in [0.717, 1.165) is 17.2 Å². The Labute approximate surface area is 229 Å². The second-order valence-corrected chi connectivity index (χ2v) is 16.0. The fraction of sp³-hybridized carbons (Fsp3) is 0.393. The predicted molar refractivity (Wildman–Crippen MR) is 152 cm³/mol. The normalized spacial score (nSPS) is 13.9. The van der Waals surface area contributed by atoms with Gasteiger partial charge in [-0.3, -0.25) is 19.8 Å². The third-order valence-electron chi connectivity index (χ3n) is 6.18. The number of fused-ring (bicyclic) bond motifs is 2. The van der Waals surface area contributed by atoms with E-state index in [-0.39, 0.29) is 55.0 Å². The van der Waals surface area contributed by atoms with Crippen molar-refractivity contribution in [3.05, 3.63) is 59.7 Å². The SMILES string of the molecule is C=CCOC(=O)Nc1ccc2c(c1)CNC(=O)c1cc(OC)c(O)cc1N(COCC[Si](C)(C)C)C(=O)CC2. The number of benzene rings is 2. The number of aromatic hydroxyl groups is 1. The van der Waals surface area contributed by atoms with Gasteiger partial charge in [-0.2, -0.15) is 0 Å². The fourth-order valence-electron chi connectivity index (χ4n) is 3.98. The van der Waals surface area contributed by atoms with Gasteiger partial charge in [0.15, 0.2) is 11.5 Å². The number of hydrogen-bond acceptors (Lipinski definition) is 7. The highest BCUT2D eigenvalue weighted by Gasteiger charge is 2.26. The molecule has 0 saturated heterocycles. The van der Waals surface area contributed by atoms with E-state index in [1.807, 2.05) is 6.07 Å². The number of amides is 3. The van der Waals surface area contributed by atoms with Gasteiger partial charge in [-0.25, -0.2) is 4.79 Å². The summed E-state index contributed by atoms with van der Waals surface area (Å²) in [7, 11) is 0.0333. The minimum atomic E-state index is -1.35. The second-order valence-electron chi connectivity index (χ2n) is 10.4. The first-order chi connectivity index (χ1) is 18.5. The molecule has 3 N–H and O–H groups in total. The van der Waals surface area contributed by atoms with Gasteiger partial charge in [0.1, 0.15) is 13.3 Å². The zero-order valence-electron chi connectivity index (χ0n) is 23.0. The first-order valence-electron chi connectivity index (χ1n) is 12.8. The molecule has 39 heavy (non-hydrogen) atoms. The van der Waals surface area contributed by atoms with Crippen molar-refractivity contribution in [3.8, 4) is 11.5 Å². The average molecular weight is 556 g/mol. The molecule has 210 valence electrons. The van der Waals surface area contributed by atoms with Crippen LogP contribution in [0.2, 0.25) is 25.7 Å². The average Bonchev–Trinajstić information content (AvgIpc) is 2.90. The molecule has 3 amide bonds. The number of hydrogen-bond donors (Lipinski definition) is 3. The quantitative estimate of drug-likeness (QED) is 0.233. The van der Waals surface area contributed by atoms with Crippen LogP contribution in [-0.2, 0) is 27.2 Å². The van der Waals surface area contributed by atoms with E-state index >= 15 is 0 Å². The number of carbonyl (C=O) groups is 3. The molecule has 0 radical (unpaired) electrons. The van der Waals surface area contributed by atoms with Crippen LogP contribution < -0.4 is 20.3 Å². The number of nitrogens with one attached hydrogen (secondary N) is 2. The maximum absolute atomic E-state index is 13.5. The number of methoxy groups -OCH3 is 1. The molecule has 1 heterocycles. The summed E-state index contributed by atoms with van der Waals surface area (Å²) in [5.41, 5.74) is 2.48. The Bertz CT molecular complexity index is 1230. The van der Waals surface area contributed by atoms with Gasteiger partial charge in [-0.15, -0.1) is 0 Å². The zero-order chi connectivity index (χ0) is 28.6. The van der Waals surface area contributed by atoms with Crippen LogP contribution in [0.4, 0.5) is 16.2 Å². The van der Waals surface area contributed by atoms with Crippen LogP contribution in [0.1, 0.15) is 27.9 Å². The highest BCUT2D eigenvalue weighted by atomic mass is 28.3. The Morgan fingerprint density at radius 2 is 1.95 bits per heavy atom. The number of carbonyl (C=O) groups excluding carboxylic acids is 3. The first-order valence-corrected chi connectivity index (χ1v) is 16.5. The molecule has 0 spiro atoms. The number of phenols is 1. The van der Waals surface area contributed by atoms with Crippen molar-refractivity contribution >= 4 is 37.4 Å². The molecule has 0 bridgehead atoms. The van der Waals surface area contributed by atoms with E-state index in [0.29, 0.717) is 18.7 Å². The molecule has 0 aliphatic carbocycles. The smallest absolute Gasteiger partial charge is 0.411 e. The van der Waals surface area contributed by atoms with Gasteiger partial charge in [0, 0.05) is 39.4 Å². The molecule has 11 heteroatoms. The lowest BCUT2D eigenvalue weighted by molar-refractivity contribution is -0.119. The van der Waals surface area contributed by atoms with E-state index in [1.54, 1.807) is 12.1 Å². The lowest BCUT2D eigenvalue weighted by Gasteiger charge is -2.26. The summed E-state index contributed by atoms with van der Waals surface area (Å²) in [5, 5.41) is 16.0.